The third-order valence-corrected chi connectivity index (χ3v) is 5.81. The molecule has 0 spiro atoms. The van der Waals surface area contributed by atoms with Crippen LogP contribution < -0.4 is 15.4 Å². The van der Waals surface area contributed by atoms with Gasteiger partial charge in [0.15, 0.2) is 0 Å². The molecule has 32 heavy (non-hydrogen) atoms. The first-order valence-electron chi connectivity index (χ1n) is 9.66. The molecule has 0 radical (unpaired) electrons. The summed E-state index contributed by atoms with van der Waals surface area (Å²) in [5, 5.41) is 24.3. The average Bonchev–Trinajstić information content (AvgIpc) is 2.76. The zero-order chi connectivity index (χ0) is 23.8. The number of aliphatic hydroxyl groups is 1. The van der Waals surface area contributed by atoms with E-state index in [0.29, 0.717) is 5.56 Å². The number of aromatic hydroxyl groups is 1. The highest BCUT2D eigenvalue weighted by molar-refractivity contribution is 7.98. The summed E-state index contributed by atoms with van der Waals surface area (Å²) in [6.07, 6.45) is -0.263. The third kappa shape index (κ3) is 6.04. The van der Waals surface area contributed by atoms with E-state index in [1.54, 1.807) is 6.92 Å². The minimum Gasteiger partial charge on any atom is -0.507 e. The summed E-state index contributed by atoms with van der Waals surface area (Å²) in [4.78, 5) is 49.7. The van der Waals surface area contributed by atoms with E-state index in [9.17, 15) is 24.3 Å². The Morgan fingerprint density at radius 3 is 2.69 bits per heavy atom. The largest absolute Gasteiger partial charge is 0.507 e. The van der Waals surface area contributed by atoms with Gasteiger partial charge in [-0.05, 0) is 6.92 Å². The molecule has 1 aromatic carbocycles. The Bertz CT molecular complexity index is 890. The number of hydrogen-bond donors (Lipinski definition) is 4. The molecule has 1 aliphatic heterocycles. The van der Waals surface area contributed by atoms with Gasteiger partial charge < -0.3 is 35.1 Å². The first-order valence-corrected chi connectivity index (χ1v) is 10.8. The van der Waals surface area contributed by atoms with Gasteiger partial charge in [0.25, 0.3) is 0 Å². The van der Waals surface area contributed by atoms with E-state index in [4.69, 9.17) is 19.3 Å². The van der Waals surface area contributed by atoms with Crippen LogP contribution in [-0.4, -0.2) is 79.2 Å². The highest BCUT2D eigenvalue weighted by atomic mass is 32.2. The second-order valence-electron chi connectivity index (χ2n) is 6.87. The van der Waals surface area contributed by atoms with Crippen molar-refractivity contribution in [3.8, 4) is 11.5 Å². The number of phenolic OH excluding ortho intramolecular Hbond substituents is 1. The number of cyclic esters (lactones) is 1. The minimum atomic E-state index is -1.32. The van der Waals surface area contributed by atoms with Gasteiger partial charge in [0.1, 0.15) is 30.2 Å². The van der Waals surface area contributed by atoms with E-state index in [1.165, 1.54) is 32.0 Å². The first kappa shape index (κ1) is 25.3. The highest BCUT2D eigenvalue weighted by Gasteiger charge is 2.31. The number of amides is 2. The van der Waals surface area contributed by atoms with Crippen molar-refractivity contribution >= 4 is 35.5 Å². The van der Waals surface area contributed by atoms with E-state index in [1.807, 2.05) is 0 Å². The summed E-state index contributed by atoms with van der Waals surface area (Å²) < 4.78 is 15.2. The molecule has 0 aliphatic carbocycles. The zero-order valence-corrected chi connectivity index (χ0v) is 18.7. The van der Waals surface area contributed by atoms with Crippen molar-refractivity contribution in [3.05, 3.63) is 22.8 Å². The molecule has 0 unspecified atom stereocenters. The van der Waals surface area contributed by atoms with Crippen LogP contribution in [0.4, 0.5) is 0 Å². The van der Waals surface area contributed by atoms with Gasteiger partial charge >= 0.3 is 11.9 Å². The third-order valence-electron chi connectivity index (χ3n) is 4.75. The van der Waals surface area contributed by atoms with Gasteiger partial charge in [0, 0.05) is 35.1 Å². The molecule has 176 valence electrons. The van der Waals surface area contributed by atoms with Gasteiger partial charge in [-0.3, -0.25) is 9.59 Å². The number of nitrogens with one attached hydrogen (secondary N) is 2. The van der Waals surface area contributed by atoms with Crippen LogP contribution in [0, 0.1) is 6.92 Å². The van der Waals surface area contributed by atoms with Crippen LogP contribution >= 0.6 is 11.8 Å². The SMILES string of the molecule is COC(=O)[C@@H]1CSCc2c(O)cc(OC)c(C)c2C(=O)OC[C@H](NC(=O)CCO)C(=O)N1. The number of esters is 2. The van der Waals surface area contributed by atoms with Crippen molar-refractivity contribution in [3.63, 3.8) is 0 Å². The topological polar surface area (TPSA) is 160 Å². The maximum Gasteiger partial charge on any atom is 0.339 e. The Morgan fingerprint density at radius 2 is 2.06 bits per heavy atom. The number of carbonyl (C=O) groups excluding carboxylic acids is 4. The fraction of sp³-hybridized carbons (Fsp3) is 0.500. The molecule has 0 fully saturated rings. The predicted molar refractivity (Wildman–Crippen MR) is 113 cm³/mol. The molecule has 0 bridgehead atoms. The Hall–Kier alpha value is -2.99. The number of aliphatic hydroxyl groups excluding tert-OH is 1. The fourth-order valence-corrected chi connectivity index (χ4v) is 4.15. The van der Waals surface area contributed by atoms with Gasteiger partial charge in [-0.25, -0.2) is 9.59 Å². The summed E-state index contributed by atoms with van der Waals surface area (Å²) in [6, 6.07) is -0.988. The van der Waals surface area contributed by atoms with Gasteiger partial charge in [-0.1, -0.05) is 0 Å². The van der Waals surface area contributed by atoms with Crippen LogP contribution in [0.5, 0.6) is 11.5 Å². The number of phenols is 1. The number of benzene rings is 1. The van der Waals surface area contributed by atoms with Crippen LogP contribution in [0.15, 0.2) is 6.07 Å². The van der Waals surface area contributed by atoms with Crippen molar-refractivity contribution in [2.75, 3.05) is 33.2 Å². The standard InChI is InChI=1S/C20H26N2O9S/c1-10-15(29-2)6-14(24)11-8-32-9-13(19(27)30-3)22-18(26)12(21-16(25)4-5-23)7-31-20(28)17(10)11/h6,12-13,23-24H,4-5,7-9H2,1-3H3,(H,21,25)(H,22,26)/t12-,13-/m0/s1. The molecule has 2 atom stereocenters. The average molecular weight is 471 g/mol. The van der Waals surface area contributed by atoms with E-state index in [2.05, 4.69) is 10.6 Å². The van der Waals surface area contributed by atoms with E-state index in [0.717, 1.165) is 0 Å². The smallest absolute Gasteiger partial charge is 0.339 e. The number of fused-ring (bicyclic) bond motifs is 1. The van der Waals surface area contributed by atoms with E-state index in [-0.39, 0.29) is 40.6 Å². The van der Waals surface area contributed by atoms with Gasteiger partial charge in [0.05, 0.1) is 26.4 Å². The molecule has 0 saturated heterocycles. The lowest BCUT2D eigenvalue weighted by Gasteiger charge is -2.24. The summed E-state index contributed by atoms with van der Waals surface area (Å²) in [5.41, 5.74) is 0.790. The maximum atomic E-state index is 12.9. The molecule has 2 amide bonds. The van der Waals surface area contributed by atoms with Crippen LogP contribution in [-0.2, 0) is 29.6 Å². The Morgan fingerprint density at radius 1 is 1.34 bits per heavy atom. The molecule has 1 aliphatic rings. The molecular formula is C20H26N2O9S. The number of methoxy groups -OCH3 is 2. The van der Waals surface area contributed by atoms with Crippen molar-refractivity contribution < 1.29 is 43.6 Å². The summed E-state index contributed by atoms with van der Waals surface area (Å²) >= 11 is 1.18. The quantitative estimate of drug-likeness (QED) is 0.418. The number of rotatable bonds is 5. The maximum absolute atomic E-state index is 12.9. The molecule has 12 heteroatoms. The number of carbonyl (C=O) groups is 4. The van der Waals surface area contributed by atoms with Crippen LogP contribution in [0.1, 0.15) is 27.9 Å². The number of ether oxygens (including phenoxy) is 3. The molecule has 1 aromatic rings. The second-order valence-corrected chi connectivity index (χ2v) is 7.90. The van der Waals surface area contributed by atoms with Gasteiger partial charge in [0.2, 0.25) is 11.8 Å². The minimum absolute atomic E-state index is 0.0744. The van der Waals surface area contributed by atoms with Crippen molar-refractivity contribution in [2.45, 2.75) is 31.2 Å². The van der Waals surface area contributed by atoms with Crippen molar-refractivity contribution in [2.24, 2.45) is 0 Å². The molecule has 2 rings (SSSR count). The second kappa shape index (κ2) is 11.6. The molecule has 0 saturated carbocycles. The predicted octanol–water partition coefficient (Wildman–Crippen LogP) is -0.362. The lowest BCUT2D eigenvalue weighted by Crippen LogP contribution is -2.54. The van der Waals surface area contributed by atoms with Gasteiger partial charge in [-0.2, -0.15) is 11.8 Å². The number of thioether (sulfide) groups is 1. The van der Waals surface area contributed by atoms with Gasteiger partial charge in [-0.15, -0.1) is 0 Å². The zero-order valence-electron chi connectivity index (χ0n) is 17.9. The summed E-state index contributed by atoms with van der Waals surface area (Å²) in [7, 11) is 2.57. The first-order chi connectivity index (χ1) is 15.2. The van der Waals surface area contributed by atoms with E-state index < -0.39 is 49.1 Å². The van der Waals surface area contributed by atoms with Crippen LogP contribution in [0.2, 0.25) is 0 Å². The Kier molecular flexibility index (Phi) is 9.14. The highest BCUT2D eigenvalue weighted by Crippen LogP contribution is 2.35. The lowest BCUT2D eigenvalue weighted by atomic mass is 10.0. The Labute approximate surface area is 188 Å². The molecular weight excluding hydrogens is 444 g/mol. The monoisotopic (exact) mass is 470 g/mol. The summed E-state index contributed by atoms with van der Waals surface area (Å²) in [6.45, 7) is 0.645. The normalized spacial score (nSPS) is 19.4. The van der Waals surface area contributed by atoms with E-state index >= 15 is 0 Å². The molecule has 11 nitrogen and oxygen atoms in total. The summed E-state index contributed by atoms with van der Waals surface area (Å²) in [5.74, 6) is -2.61. The number of hydrogen-bond acceptors (Lipinski definition) is 10. The molecule has 1 heterocycles. The van der Waals surface area contributed by atoms with Crippen LogP contribution in [0.3, 0.4) is 0 Å². The lowest BCUT2D eigenvalue weighted by molar-refractivity contribution is -0.144. The van der Waals surface area contributed by atoms with Crippen LogP contribution in [0.25, 0.3) is 0 Å². The molecule has 4 N–H and O–H groups in total. The van der Waals surface area contributed by atoms with Crippen molar-refractivity contribution in [1.29, 1.82) is 0 Å². The fourth-order valence-electron chi connectivity index (χ4n) is 3.08. The molecule has 0 aromatic heterocycles. The Balaban J connectivity index is 2.46. The van der Waals surface area contributed by atoms with Crippen molar-refractivity contribution in [1.82, 2.24) is 10.6 Å².